The first kappa shape index (κ1) is 14.3. The Kier molecular flexibility index (Phi) is 4.45. The number of nitrogens with zero attached hydrogens (tertiary/aromatic N) is 1. The number of carbonyl (C=O) groups excluding carboxylic acids is 1. The van der Waals surface area contributed by atoms with Crippen molar-refractivity contribution in [1.82, 2.24) is 10.2 Å². The lowest BCUT2D eigenvalue weighted by Gasteiger charge is -2.35. The third-order valence-corrected chi connectivity index (χ3v) is 4.43. The number of nitrogens with one attached hydrogen (secondary N) is 1. The Bertz CT molecular complexity index is 353. The van der Waals surface area contributed by atoms with E-state index in [9.17, 15) is 14.7 Å². The van der Waals surface area contributed by atoms with Gasteiger partial charge < -0.3 is 15.3 Å². The average molecular weight is 268 g/mol. The van der Waals surface area contributed by atoms with Crippen molar-refractivity contribution in [2.45, 2.75) is 63.5 Å². The minimum Gasteiger partial charge on any atom is -0.479 e. The predicted octanol–water partition coefficient (Wildman–Crippen LogP) is 1.37. The van der Waals surface area contributed by atoms with Crippen LogP contribution in [0.4, 0.5) is 0 Å². The van der Waals surface area contributed by atoms with Crippen molar-refractivity contribution in [2.75, 3.05) is 13.1 Å². The smallest absolute Gasteiger partial charge is 0.329 e. The van der Waals surface area contributed by atoms with Crippen LogP contribution in [0, 0.1) is 0 Å². The maximum Gasteiger partial charge on any atom is 0.329 e. The minimum atomic E-state index is -0.940. The number of aliphatic carboxylic acids is 1. The van der Waals surface area contributed by atoms with Crippen molar-refractivity contribution in [3.63, 3.8) is 0 Å². The summed E-state index contributed by atoms with van der Waals surface area (Å²) >= 11 is 0. The van der Waals surface area contributed by atoms with E-state index in [0.29, 0.717) is 25.8 Å². The zero-order valence-electron chi connectivity index (χ0n) is 11.7. The highest BCUT2D eigenvalue weighted by Gasteiger charge is 2.49. The Morgan fingerprint density at radius 2 is 2.21 bits per heavy atom. The molecule has 2 aliphatic heterocycles. The van der Waals surface area contributed by atoms with Crippen LogP contribution in [0.1, 0.15) is 51.9 Å². The molecule has 108 valence electrons. The highest BCUT2D eigenvalue weighted by atomic mass is 16.4. The first-order chi connectivity index (χ1) is 9.10. The lowest BCUT2D eigenvalue weighted by atomic mass is 9.90. The summed E-state index contributed by atoms with van der Waals surface area (Å²) < 4.78 is 0. The Morgan fingerprint density at radius 1 is 1.42 bits per heavy atom. The Hall–Kier alpha value is -1.10. The van der Waals surface area contributed by atoms with E-state index in [2.05, 4.69) is 5.32 Å². The van der Waals surface area contributed by atoms with Crippen LogP contribution in [-0.4, -0.2) is 46.6 Å². The van der Waals surface area contributed by atoms with Crippen molar-refractivity contribution < 1.29 is 14.7 Å². The minimum absolute atomic E-state index is 0.00718. The summed E-state index contributed by atoms with van der Waals surface area (Å²) in [4.78, 5) is 25.7. The first-order valence-corrected chi connectivity index (χ1v) is 7.37. The fraction of sp³-hybridized carbons (Fsp3) is 0.857. The second-order valence-electron chi connectivity index (χ2n) is 5.73. The van der Waals surface area contributed by atoms with Crippen molar-refractivity contribution in [2.24, 2.45) is 0 Å². The van der Waals surface area contributed by atoms with E-state index in [0.717, 1.165) is 32.2 Å². The number of amides is 1. The molecule has 2 rings (SSSR count). The van der Waals surface area contributed by atoms with Gasteiger partial charge in [0.05, 0.1) is 0 Å². The molecule has 5 nitrogen and oxygen atoms in total. The highest BCUT2D eigenvalue weighted by Crippen LogP contribution is 2.34. The molecule has 0 bridgehead atoms. The maximum atomic E-state index is 12.4. The third-order valence-electron chi connectivity index (χ3n) is 4.43. The molecular weight excluding hydrogens is 244 g/mol. The second kappa shape index (κ2) is 5.90. The molecule has 2 unspecified atom stereocenters. The van der Waals surface area contributed by atoms with Gasteiger partial charge in [0, 0.05) is 19.0 Å². The first-order valence-electron chi connectivity index (χ1n) is 7.37. The molecule has 2 N–H and O–H groups in total. The van der Waals surface area contributed by atoms with Crippen LogP contribution in [0.25, 0.3) is 0 Å². The van der Waals surface area contributed by atoms with Gasteiger partial charge in [-0.25, -0.2) is 4.79 Å². The summed E-state index contributed by atoms with van der Waals surface area (Å²) in [6.45, 7) is 3.54. The molecule has 0 radical (unpaired) electrons. The van der Waals surface area contributed by atoms with Crippen molar-refractivity contribution in [3.8, 4) is 0 Å². The van der Waals surface area contributed by atoms with Crippen molar-refractivity contribution >= 4 is 11.9 Å². The van der Waals surface area contributed by atoms with Crippen molar-refractivity contribution in [1.29, 1.82) is 0 Å². The van der Waals surface area contributed by atoms with E-state index in [1.165, 1.54) is 0 Å². The molecular formula is C14H24N2O3. The number of hydrogen-bond donors (Lipinski definition) is 2. The summed E-state index contributed by atoms with van der Waals surface area (Å²) in [7, 11) is 0. The molecule has 0 aromatic carbocycles. The van der Waals surface area contributed by atoms with Gasteiger partial charge in [-0.05, 0) is 38.6 Å². The highest BCUT2D eigenvalue weighted by molar-refractivity contribution is 5.88. The molecule has 2 saturated heterocycles. The van der Waals surface area contributed by atoms with E-state index in [1.54, 1.807) is 4.90 Å². The zero-order chi connectivity index (χ0) is 13.9. The van der Waals surface area contributed by atoms with Gasteiger partial charge in [-0.2, -0.15) is 0 Å². The molecule has 0 aromatic heterocycles. The largest absolute Gasteiger partial charge is 0.479 e. The van der Waals surface area contributed by atoms with Gasteiger partial charge >= 0.3 is 5.97 Å². The fourth-order valence-corrected chi connectivity index (χ4v) is 3.50. The average Bonchev–Trinajstić information content (AvgIpc) is 2.99. The van der Waals surface area contributed by atoms with Crippen LogP contribution in [0.3, 0.4) is 0 Å². The maximum absolute atomic E-state index is 12.4. The van der Waals surface area contributed by atoms with Gasteiger partial charge in [0.1, 0.15) is 5.54 Å². The summed E-state index contributed by atoms with van der Waals surface area (Å²) in [5.41, 5.74) is -0.940. The standard InChI is InChI=1S/C14H24N2O3/c1-2-6-14(13(18)19)7-4-9-16(14)12(17)10-11-5-3-8-15-11/h11,15H,2-10H2,1H3,(H,18,19). The van der Waals surface area contributed by atoms with Gasteiger partial charge in [0.2, 0.25) is 5.91 Å². The van der Waals surface area contributed by atoms with Crippen LogP contribution >= 0.6 is 0 Å². The van der Waals surface area contributed by atoms with E-state index in [-0.39, 0.29) is 11.9 Å². The monoisotopic (exact) mass is 268 g/mol. The van der Waals surface area contributed by atoms with E-state index in [1.807, 2.05) is 6.92 Å². The van der Waals surface area contributed by atoms with Gasteiger partial charge in [-0.15, -0.1) is 0 Å². The van der Waals surface area contributed by atoms with E-state index in [4.69, 9.17) is 0 Å². The fourth-order valence-electron chi connectivity index (χ4n) is 3.50. The Balaban J connectivity index is 2.07. The van der Waals surface area contributed by atoms with Crippen LogP contribution in [0.5, 0.6) is 0 Å². The second-order valence-corrected chi connectivity index (χ2v) is 5.73. The Labute approximate surface area is 114 Å². The number of likely N-dealkylation sites (tertiary alicyclic amines) is 1. The van der Waals surface area contributed by atoms with Crippen LogP contribution in [0.15, 0.2) is 0 Å². The molecule has 2 heterocycles. The summed E-state index contributed by atoms with van der Waals surface area (Å²) in [6.07, 6.45) is 5.32. The zero-order valence-corrected chi connectivity index (χ0v) is 11.7. The lowest BCUT2D eigenvalue weighted by Crippen LogP contribution is -2.53. The van der Waals surface area contributed by atoms with E-state index >= 15 is 0 Å². The normalized spacial score (nSPS) is 30.8. The number of rotatable bonds is 5. The van der Waals surface area contributed by atoms with Crippen LogP contribution in [-0.2, 0) is 9.59 Å². The van der Waals surface area contributed by atoms with Gasteiger partial charge in [0.15, 0.2) is 0 Å². The topological polar surface area (TPSA) is 69.6 Å². The molecule has 2 aliphatic rings. The third kappa shape index (κ3) is 2.76. The molecule has 19 heavy (non-hydrogen) atoms. The van der Waals surface area contributed by atoms with Gasteiger partial charge in [0.25, 0.3) is 0 Å². The molecule has 0 aliphatic carbocycles. The summed E-state index contributed by atoms with van der Waals surface area (Å²) in [6, 6.07) is 0.237. The van der Waals surface area contributed by atoms with Crippen molar-refractivity contribution in [3.05, 3.63) is 0 Å². The van der Waals surface area contributed by atoms with Gasteiger partial charge in [-0.3, -0.25) is 4.79 Å². The SMILES string of the molecule is CCCC1(C(=O)O)CCCN1C(=O)CC1CCCN1. The number of hydrogen-bond acceptors (Lipinski definition) is 3. The molecule has 0 saturated carbocycles. The summed E-state index contributed by atoms with van der Waals surface area (Å²) in [5, 5.41) is 12.9. The summed E-state index contributed by atoms with van der Waals surface area (Å²) in [5.74, 6) is -0.827. The number of carbonyl (C=O) groups is 2. The van der Waals surface area contributed by atoms with Crippen LogP contribution in [0.2, 0.25) is 0 Å². The molecule has 2 atom stereocenters. The van der Waals surface area contributed by atoms with Crippen LogP contribution < -0.4 is 5.32 Å². The van der Waals surface area contributed by atoms with Gasteiger partial charge in [-0.1, -0.05) is 13.3 Å². The molecule has 0 aromatic rings. The molecule has 5 heteroatoms. The van der Waals surface area contributed by atoms with E-state index < -0.39 is 11.5 Å². The predicted molar refractivity (Wildman–Crippen MR) is 71.9 cm³/mol. The number of carboxylic acid groups (broad SMARTS) is 1. The number of carboxylic acids is 1. The molecule has 1 amide bonds. The lowest BCUT2D eigenvalue weighted by molar-refractivity contribution is -0.157. The molecule has 2 fully saturated rings. The quantitative estimate of drug-likeness (QED) is 0.790. The Morgan fingerprint density at radius 3 is 2.79 bits per heavy atom. The molecule has 0 spiro atoms.